The Kier molecular flexibility index (Phi) is 6.38. The maximum absolute atomic E-state index is 12.5. The summed E-state index contributed by atoms with van der Waals surface area (Å²) >= 11 is 7.57. The van der Waals surface area contributed by atoms with E-state index in [0.29, 0.717) is 8.26 Å². The van der Waals surface area contributed by atoms with Gasteiger partial charge in [0.05, 0.1) is 10.9 Å². The molecular formula is C14H13Br2NO4S2. The zero-order chi connectivity index (χ0) is 17.0. The third-order valence-corrected chi connectivity index (χ3v) is 8.15. The summed E-state index contributed by atoms with van der Waals surface area (Å²) in [4.78, 5) is 11.9. The van der Waals surface area contributed by atoms with E-state index >= 15 is 0 Å². The van der Waals surface area contributed by atoms with Crippen molar-refractivity contribution in [2.45, 2.75) is 16.7 Å². The van der Waals surface area contributed by atoms with E-state index in [4.69, 9.17) is 4.74 Å². The second-order valence-corrected chi connectivity index (χ2v) is 9.74. The lowest BCUT2D eigenvalue weighted by atomic mass is 10.1. The Balaban J connectivity index is 2.25. The lowest BCUT2D eigenvalue weighted by molar-refractivity contribution is -0.142. The number of ether oxygens (including phenoxy) is 1. The van der Waals surface area contributed by atoms with Crippen molar-refractivity contribution in [2.75, 3.05) is 7.11 Å². The maximum atomic E-state index is 12.5. The van der Waals surface area contributed by atoms with Crippen molar-refractivity contribution in [2.24, 2.45) is 0 Å². The average Bonchev–Trinajstić information content (AvgIpc) is 2.87. The summed E-state index contributed by atoms with van der Waals surface area (Å²) in [5, 5.41) is 0. The molecule has 2 aromatic rings. The number of carbonyl (C=O) groups is 1. The molecule has 9 heteroatoms. The number of methoxy groups -OCH3 is 1. The van der Waals surface area contributed by atoms with Crippen LogP contribution in [0.15, 0.2) is 48.9 Å². The van der Waals surface area contributed by atoms with Gasteiger partial charge in [0.2, 0.25) is 0 Å². The third kappa shape index (κ3) is 4.87. The molecule has 0 aliphatic rings. The van der Waals surface area contributed by atoms with Crippen LogP contribution in [0.5, 0.6) is 0 Å². The molecule has 5 nitrogen and oxygen atoms in total. The van der Waals surface area contributed by atoms with Gasteiger partial charge in [-0.05, 0) is 49.9 Å². The minimum atomic E-state index is -3.83. The van der Waals surface area contributed by atoms with Crippen LogP contribution in [0.25, 0.3) is 0 Å². The Morgan fingerprint density at radius 3 is 2.48 bits per heavy atom. The van der Waals surface area contributed by atoms with Gasteiger partial charge in [-0.15, -0.1) is 11.3 Å². The molecule has 0 bridgehead atoms. The maximum Gasteiger partial charge on any atom is 0.324 e. The summed E-state index contributed by atoms with van der Waals surface area (Å²) in [5.74, 6) is -0.632. The number of rotatable bonds is 6. The molecule has 1 heterocycles. The van der Waals surface area contributed by atoms with Gasteiger partial charge in [0, 0.05) is 4.47 Å². The fourth-order valence-corrected chi connectivity index (χ4v) is 5.89. The Hall–Kier alpha value is -0.740. The smallest absolute Gasteiger partial charge is 0.324 e. The van der Waals surface area contributed by atoms with Crippen LogP contribution in [0.2, 0.25) is 0 Å². The van der Waals surface area contributed by atoms with Crippen molar-refractivity contribution >= 4 is 59.2 Å². The minimum absolute atomic E-state index is 0.109. The summed E-state index contributed by atoms with van der Waals surface area (Å²) in [5.41, 5.74) is 0.833. The second kappa shape index (κ2) is 7.89. The summed E-state index contributed by atoms with van der Waals surface area (Å²) in [6.07, 6.45) is 0.209. The Morgan fingerprint density at radius 2 is 1.96 bits per heavy atom. The molecule has 0 spiro atoms. The average molecular weight is 483 g/mol. The van der Waals surface area contributed by atoms with Gasteiger partial charge in [-0.2, -0.15) is 4.72 Å². The highest BCUT2D eigenvalue weighted by molar-refractivity contribution is 9.13. The van der Waals surface area contributed by atoms with E-state index in [2.05, 4.69) is 36.6 Å². The largest absolute Gasteiger partial charge is 0.468 e. The van der Waals surface area contributed by atoms with E-state index < -0.39 is 22.0 Å². The first-order valence-corrected chi connectivity index (χ1v) is 10.3. The highest BCUT2D eigenvalue weighted by Crippen LogP contribution is 2.34. The van der Waals surface area contributed by atoms with E-state index in [1.807, 2.05) is 30.3 Å². The molecule has 1 aromatic heterocycles. The zero-order valence-corrected chi connectivity index (χ0v) is 16.8. The topological polar surface area (TPSA) is 72.5 Å². The Labute approximate surface area is 155 Å². The van der Waals surface area contributed by atoms with Crippen molar-refractivity contribution in [3.05, 3.63) is 50.2 Å². The number of sulfonamides is 1. The number of hydrogen-bond acceptors (Lipinski definition) is 5. The van der Waals surface area contributed by atoms with Crippen molar-refractivity contribution in [3.8, 4) is 0 Å². The van der Waals surface area contributed by atoms with E-state index in [9.17, 15) is 13.2 Å². The van der Waals surface area contributed by atoms with E-state index in [-0.39, 0.29) is 10.6 Å². The van der Waals surface area contributed by atoms with Crippen LogP contribution >= 0.6 is 43.2 Å². The number of hydrogen-bond donors (Lipinski definition) is 1. The standard InChI is InChI=1S/C14H13Br2NO4S2/c1-21-14(18)11(7-9-5-3-2-4-6-9)17-23(19,20)12-8-10(15)13(16)22-12/h2-6,8,11,17H,7H2,1H3. The van der Waals surface area contributed by atoms with Crippen LogP contribution in [-0.4, -0.2) is 27.5 Å². The SMILES string of the molecule is COC(=O)C(Cc1ccccc1)NS(=O)(=O)c1cc(Br)c(Br)s1. The highest BCUT2D eigenvalue weighted by Gasteiger charge is 2.28. The molecule has 1 atom stereocenters. The molecule has 0 aliphatic carbocycles. The van der Waals surface area contributed by atoms with Gasteiger partial charge in [0.15, 0.2) is 0 Å². The van der Waals surface area contributed by atoms with Gasteiger partial charge in [0.25, 0.3) is 10.0 Å². The predicted octanol–water partition coefficient (Wildman–Crippen LogP) is 3.34. The molecule has 2 rings (SSSR count). The summed E-state index contributed by atoms with van der Waals surface area (Å²) in [7, 11) is -2.60. The number of benzene rings is 1. The molecule has 0 aliphatic heterocycles. The molecule has 23 heavy (non-hydrogen) atoms. The van der Waals surface area contributed by atoms with Crippen molar-refractivity contribution in [1.82, 2.24) is 4.72 Å². The Morgan fingerprint density at radius 1 is 1.30 bits per heavy atom. The van der Waals surface area contributed by atoms with Crippen molar-refractivity contribution < 1.29 is 17.9 Å². The summed E-state index contributed by atoms with van der Waals surface area (Å²) in [6, 6.07) is 9.63. The summed E-state index contributed by atoms with van der Waals surface area (Å²) in [6.45, 7) is 0. The van der Waals surface area contributed by atoms with Gasteiger partial charge in [-0.1, -0.05) is 30.3 Å². The van der Waals surface area contributed by atoms with Gasteiger partial charge in [-0.25, -0.2) is 8.42 Å². The number of halogens is 2. The first-order chi connectivity index (χ1) is 10.8. The van der Waals surface area contributed by atoms with Crippen LogP contribution in [0, 0.1) is 0 Å². The molecule has 124 valence electrons. The van der Waals surface area contributed by atoms with Crippen LogP contribution in [-0.2, 0) is 26.0 Å². The molecular weight excluding hydrogens is 470 g/mol. The third-order valence-electron chi connectivity index (χ3n) is 2.95. The molecule has 0 saturated heterocycles. The minimum Gasteiger partial charge on any atom is -0.468 e. The second-order valence-electron chi connectivity index (χ2n) is 4.57. The van der Waals surface area contributed by atoms with E-state index in [1.54, 1.807) is 0 Å². The highest BCUT2D eigenvalue weighted by atomic mass is 79.9. The fourth-order valence-electron chi connectivity index (χ4n) is 1.87. The quantitative estimate of drug-likeness (QED) is 0.641. The number of nitrogens with one attached hydrogen (secondary N) is 1. The van der Waals surface area contributed by atoms with Gasteiger partial charge in [-0.3, -0.25) is 4.79 Å². The lowest BCUT2D eigenvalue weighted by Crippen LogP contribution is -2.42. The molecule has 0 saturated carbocycles. The molecule has 0 fully saturated rings. The Bertz CT molecular complexity index is 771. The zero-order valence-electron chi connectivity index (χ0n) is 12.0. The van der Waals surface area contributed by atoms with Crippen LogP contribution < -0.4 is 4.72 Å². The number of esters is 1. The van der Waals surface area contributed by atoms with Crippen LogP contribution in [0.1, 0.15) is 5.56 Å². The van der Waals surface area contributed by atoms with E-state index in [1.165, 1.54) is 13.2 Å². The number of thiophene rings is 1. The monoisotopic (exact) mass is 481 g/mol. The fraction of sp³-hybridized carbons (Fsp3) is 0.214. The van der Waals surface area contributed by atoms with Gasteiger partial charge >= 0.3 is 5.97 Å². The molecule has 1 N–H and O–H groups in total. The van der Waals surface area contributed by atoms with Crippen LogP contribution in [0.4, 0.5) is 0 Å². The van der Waals surface area contributed by atoms with Crippen molar-refractivity contribution in [3.63, 3.8) is 0 Å². The summed E-state index contributed by atoms with van der Waals surface area (Å²) < 4.78 is 33.5. The van der Waals surface area contributed by atoms with Gasteiger partial charge < -0.3 is 4.74 Å². The lowest BCUT2D eigenvalue weighted by Gasteiger charge is -2.16. The van der Waals surface area contributed by atoms with Crippen molar-refractivity contribution in [1.29, 1.82) is 0 Å². The van der Waals surface area contributed by atoms with Crippen LogP contribution in [0.3, 0.4) is 0 Å². The molecule has 0 amide bonds. The van der Waals surface area contributed by atoms with E-state index in [0.717, 1.165) is 16.9 Å². The molecule has 1 unspecified atom stereocenters. The number of carbonyl (C=O) groups excluding carboxylic acids is 1. The van der Waals surface area contributed by atoms with Gasteiger partial charge in [0.1, 0.15) is 10.3 Å². The normalized spacial score (nSPS) is 12.8. The first-order valence-electron chi connectivity index (χ1n) is 6.42. The molecule has 0 radical (unpaired) electrons. The molecule has 1 aromatic carbocycles. The predicted molar refractivity (Wildman–Crippen MR) is 96.0 cm³/mol. The first kappa shape index (κ1) is 18.6.